The molecule has 0 spiro atoms. The number of nitrogens with one attached hydrogen (secondary N) is 2. The molecule has 1 rings (SSSR count). The molecule has 1 atom stereocenters. The van der Waals surface area contributed by atoms with E-state index in [-0.39, 0.29) is 23.1 Å². The number of anilines is 1. The Hall–Kier alpha value is -1.64. The maximum atomic E-state index is 12.1. The van der Waals surface area contributed by atoms with Crippen molar-refractivity contribution in [3.05, 3.63) is 18.2 Å². The van der Waals surface area contributed by atoms with Crippen molar-refractivity contribution in [1.29, 1.82) is 0 Å². The van der Waals surface area contributed by atoms with E-state index in [1.165, 1.54) is 39.2 Å². The predicted octanol–water partition coefficient (Wildman–Crippen LogP) is 0.313. The highest BCUT2D eigenvalue weighted by Gasteiger charge is 2.19. The van der Waals surface area contributed by atoms with Gasteiger partial charge in [-0.1, -0.05) is 0 Å². The summed E-state index contributed by atoms with van der Waals surface area (Å²) in [6, 6.07) is 3.50. The van der Waals surface area contributed by atoms with Crippen LogP contribution in [0.4, 0.5) is 5.69 Å². The Bertz CT molecular complexity index is 586. The van der Waals surface area contributed by atoms with Crippen LogP contribution < -0.4 is 14.8 Å². The van der Waals surface area contributed by atoms with Gasteiger partial charge in [-0.3, -0.25) is 4.79 Å². The zero-order valence-electron chi connectivity index (χ0n) is 11.5. The van der Waals surface area contributed by atoms with Gasteiger partial charge in [0.05, 0.1) is 24.3 Å². The summed E-state index contributed by atoms with van der Waals surface area (Å²) < 4.78 is 31.5. The lowest BCUT2D eigenvalue weighted by molar-refractivity contribution is -0.114. The molecule has 8 heteroatoms. The Morgan fingerprint density at radius 1 is 1.45 bits per heavy atom. The average Bonchev–Trinajstić information content (AvgIpc) is 2.37. The normalized spacial score (nSPS) is 12.8. The average molecular weight is 302 g/mol. The van der Waals surface area contributed by atoms with E-state index in [0.29, 0.717) is 5.75 Å². The number of sulfonamides is 1. The van der Waals surface area contributed by atoms with Gasteiger partial charge in [0.2, 0.25) is 15.9 Å². The van der Waals surface area contributed by atoms with Crippen LogP contribution in [0.3, 0.4) is 0 Å². The number of rotatable bonds is 6. The van der Waals surface area contributed by atoms with Gasteiger partial charge >= 0.3 is 0 Å². The molecule has 20 heavy (non-hydrogen) atoms. The van der Waals surface area contributed by atoms with E-state index in [4.69, 9.17) is 9.84 Å². The molecule has 0 saturated carbocycles. The Morgan fingerprint density at radius 2 is 2.10 bits per heavy atom. The molecular weight excluding hydrogens is 284 g/mol. The number of hydrogen-bond acceptors (Lipinski definition) is 5. The summed E-state index contributed by atoms with van der Waals surface area (Å²) >= 11 is 0. The van der Waals surface area contributed by atoms with Gasteiger partial charge in [0.1, 0.15) is 5.75 Å². The van der Waals surface area contributed by atoms with Crippen molar-refractivity contribution >= 4 is 21.6 Å². The Kier molecular flexibility index (Phi) is 5.49. The number of hydrogen-bond donors (Lipinski definition) is 3. The molecular formula is C12H18N2O5S. The van der Waals surface area contributed by atoms with Crippen LogP contribution >= 0.6 is 0 Å². The molecule has 0 bridgehead atoms. The summed E-state index contributed by atoms with van der Waals surface area (Å²) in [5.41, 5.74) is 0.263. The van der Waals surface area contributed by atoms with Crippen molar-refractivity contribution in [2.75, 3.05) is 19.0 Å². The van der Waals surface area contributed by atoms with E-state index in [0.717, 1.165) is 0 Å². The highest BCUT2D eigenvalue weighted by molar-refractivity contribution is 7.89. The van der Waals surface area contributed by atoms with Crippen LogP contribution in [0.25, 0.3) is 0 Å². The third-order valence-corrected chi connectivity index (χ3v) is 4.01. The first kappa shape index (κ1) is 16.4. The molecule has 0 fully saturated rings. The first-order valence-corrected chi connectivity index (χ1v) is 7.37. The lowest BCUT2D eigenvalue weighted by atomic mass is 10.3. The van der Waals surface area contributed by atoms with Gasteiger partial charge in [-0.25, -0.2) is 13.1 Å². The van der Waals surface area contributed by atoms with Crippen molar-refractivity contribution in [2.45, 2.75) is 24.8 Å². The van der Waals surface area contributed by atoms with Crippen molar-refractivity contribution in [3.63, 3.8) is 0 Å². The number of methoxy groups -OCH3 is 1. The lowest BCUT2D eigenvalue weighted by Gasteiger charge is -2.14. The number of amides is 1. The molecule has 3 N–H and O–H groups in total. The number of benzene rings is 1. The van der Waals surface area contributed by atoms with Gasteiger partial charge in [0.15, 0.2) is 0 Å². The minimum Gasteiger partial charge on any atom is -0.495 e. The van der Waals surface area contributed by atoms with E-state index in [1.54, 1.807) is 0 Å². The minimum absolute atomic E-state index is 0.0256. The second-order valence-electron chi connectivity index (χ2n) is 4.25. The molecule has 1 aromatic carbocycles. The first-order chi connectivity index (χ1) is 9.30. The molecule has 0 aliphatic rings. The van der Waals surface area contributed by atoms with Gasteiger partial charge in [0.25, 0.3) is 0 Å². The van der Waals surface area contributed by atoms with E-state index < -0.39 is 16.1 Å². The number of carbonyl (C=O) groups is 1. The van der Waals surface area contributed by atoms with Gasteiger partial charge in [-0.05, 0) is 25.1 Å². The van der Waals surface area contributed by atoms with Crippen LogP contribution in [-0.2, 0) is 14.8 Å². The number of ether oxygens (including phenoxy) is 1. The number of aliphatic hydroxyl groups is 1. The molecule has 0 aliphatic carbocycles. The summed E-state index contributed by atoms with van der Waals surface area (Å²) in [5, 5.41) is 11.4. The van der Waals surface area contributed by atoms with Crippen molar-refractivity contribution in [3.8, 4) is 5.75 Å². The van der Waals surface area contributed by atoms with Gasteiger partial charge in [-0.2, -0.15) is 0 Å². The van der Waals surface area contributed by atoms with E-state index in [2.05, 4.69) is 10.0 Å². The van der Waals surface area contributed by atoms with Crippen LogP contribution in [0.15, 0.2) is 23.1 Å². The molecule has 0 heterocycles. The van der Waals surface area contributed by atoms with Crippen LogP contribution in [-0.4, -0.2) is 39.2 Å². The fraction of sp³-hybridized carbons (Fsp3) is 0.417. The van der Waals surface area contributed by atoms with Crippen molar-refractivity contribution in [1.82, 2.24) is 4.72 Å². The fourth-order valence-electron chi connectivity index (χ4n) is 1.51. The summed E-state index contributed by atoms with van der Waals surface area (Å²) in [6.45, 7) is 2.54. The largest absolute Gasteiger partial charge is 0.495 e. The van der Waals surface area contributed by atoms with E-state index in [9.17, 15) is 13.2 Å². The highest BCUT2D eigenvalue weighted by atomic mass is 32.2. The topological polar surface area (TPSA) is 105 Å². The molecule has 0 unspecified atom stereocenters. The van der Waals surface area contributed by atoms with Crippen molar-refractivity contribution < 1.29 is 23.1 Å². The van der Waals surface area contributed by atoms with Gasteiger partial charge in [-0.15, -0.1) is 0 Å². The first-order valence-electron chi connectivity index (χ1n) is 5.89. The number of aliphatic hydroxyl groups excluding tert-OH is 1. The molecule has 7 nitrogen and oxygen atoms in total. The lowest BCUT2D eigenvalue weighted by Crippen LogP contribution is -2.35. The van der Waals surface area contributed by atoms with Crippen LogP contribution in [0, 0.1) is 0 Å². The molecule has 0 saturated heterocycles. The number of carbonyl (C=O) groups excluding carboxylic acids is 1. The fourth-order valence-corrected chi connectivity index (χ4v) is 2.77. The van der Waals surface area contributed by atoms with Crippen LogP contribution in [0.2, 0.25) is 0 Å². The smallest absolute Gasteiger partial charge is 0.240 e. The molecule has 112 valence electrons. The van der Waals surface area contributed by atoms with Gasteiger partial charge in [0, 0.05) is 13.0 Å². The maximum Gasteiger partial charge on any atom is 0.240 e. The summed E-state index contributed by atoms with van der Waals surface area (Å²) in [6.07, 6.45) is 0. The summed E-state index contributed by atoms with van der Waals surface area (Å²) in [7, 11) is -2.35. The Morgan fingerprint density at radius 3 is 2.60 bits per heavy atom. The molecule has 0 aromatic heterocycles. The highest BCUT2D eigenvalue weighted by Crippen LogP contribution is 2.27. The maximum absolute atomic E-state index is 12.1. The predicted molar refractivity (Wildman–Crippen MR) is 74.2 cm³/mol. The monoisotopic (exact) mass is 302 g/mol. The summed E-state index contributed by atoms with van der Waals surface area (Å²) in [4.78, 5) is 11.1. The van der Waals surface area contributed by atoms with E-state index in [1.807, 2.05) is 0 Å². The minimum atomic E-state index is -3.77. The van der Waals surface area contributed by atoms with Crippen LogP contribution in [0.1, 0.15) is 13.8 Å². The second-order valence-corrected chi connectivity index (χ2v) is 5.96. The standard InChI is InChI=1S/C12H18N2O5S/c1-8(7-15)14-20(17,18)10-4-5-12(19-3)11(6-10)13-9(2)16/h4-6,8,14-15H,7H2,1-3H3,(H,13,16)/t8-/m0/s1. The van der Waals surface area contributed by atoms with E-state index >= 15 is 0 Å². The molecule has 0 aliphatic heterocycles. The molecule has 1 aromatic rings. The molecule has 1 amide bonds. The Balaban J connectivity index is 3.16. The Labute approximate surface area is 118 Å². The molecule has 0 radical (unpaired) electrons. The third-order valence-electron chi connectivity index (χ3n) is 2.42. The third kappa shape index (κ3) is 4.19. The quantitative estimate of drug-likeness (QED) is 0.701. The SMILES string of the molecule is COc1ccc(S(=O)(=O)N[C@@H](C)CO)cc1NC(C)=O. The second kappa shape index (κ2) is 6.69. The summed E-state index contributed by atoms with van der Waals surface area (Å²) in [5.74, 6) is 0.0175. The van der Waals surface area contributed by atoms with Gasteiger partial charge < -0.3 is 15.2 Å². The van der Waals surface area contributed by atoms with Crippen LogP contribution in [0.5, 0.6) is 5.75 Å². The zero-order chi connectivity index (χ0) is 15.3. The zero-order valence-corrected chi connectivity index (χ0v) is 12.3. The van der Waals surface area contributed by atoms with Crippen molar-refractivity contribution in [2.24, 2.45) is 0 Å².